The molecule has 0 saturated carbocycles. The molecule has 2 N–H and O–H groups in total. The maximum Gasteiger partial charge on any atom is 0.239 e. The molecule has 5 nitrogen and oxygen atoms in total. The van der Waals surface area contributed by atoms with E-state index >= 15 is 0 Å². The highest BCUT2D eigenvalue weighted by atomic mass is 16.2. The number of nitrogens with zero attached hydrogens (tertiary/aromatic N) is 1. The van der Waals surface area contributed by atoms with E-state index in [1.54, 1.807) is 4.90 Å². The van der Waals surface area contributed by atoms with Crippen LogP contribution in [-0.4, -0.2) is 48.9 Å². The molecular weight excluding hydrogens is 254 g/mol. The lowest BCUT2D eigenvalue weighted by Crippen LogP contribution is -2.41. The molecular formula is C15H31N3O2. The van der Waals surface area contributed by atoms with Gasteiger partial charge < -0.3 is 15.5 Å². The van der Waals surface area contributed by atoms with Crippen LogP contribution in [0.3, 0.4) is 0 Å². The Morgan fingerprint density at radius 2 is 1.80 bits per heavy atom. The Morgan fingerprint density at radius 1 is 1.10 bits per heavy atom. The van der Waals surface area contributed by atoms with Gasteiger partial charge in [0.2, 0.25) is 11.8 Å². The molecule has 0 aliphatic carbocycles. The summed E-state index contributed by atoms with van der Waals surface area (Å²) in [4.78, 5) is 25.5. The smallest absolute Gasteiger partial charge is 0.239 e. The number of nitrogens with one attached hydrogen (secondary N) is 2. The van der Waals surface area contributed by atoms with Crippen molar-refractivity contribution in [2.45, 2.75) is 59.4 Å². The fraction of sp³-hybridized carbons (Fsp3) is 0.867. The SMILES string of the molecule is CCCNC(=O)CN(CCC)C(=O)CCCNC(C)C. The summed E-state index contributed by atoms with van der Waals surface area (Å²) in [6, 6.07) is 0.441. The van der Waals surface area contributed by atoms with E-state index in [1.165, 1.54) is 0 Å². The van der Waals surface area contributed by atoms with Crippen molar-refractivity contribution < 1.29 is 9.59 Å². The average molecular weight is 285 g/mol. The Labute approximate surface area is 123 Å². The van der Waals surface area contributed by atoms with Gasteiger partial charge in [-0.05, 0) is 25.8 Å². The van der Waals surface area contributed by atoms with E-state index in [1.807, 2.05) is 13.8 Å². The molecule has 0 bridgehead atoms. The summed E-state index contributed by atoms with van der Waals surface area (Å²) < 4.78 is 0. The summed E-state index contributed by atoms with van der Waals surface area (Å²) in [7, 11) is 0. The van der Waals surface area contributed by atoms with Gasteiger partial charge in [0.1, 0.15) is 0 Å². The van der Waals surface area contributed by atoms with Crippen molar-refractivity contribution in [1.82, 2.24) is 15.5 Å². The molecule has 0 fully saturated rings. The molecule has 0 rings (SSSR count). The van der Waals surface area contributed by atoms with Gasteiger partial charge >= 0.3 is 0 Å². The largest absolute Gasteiger partial charge is 0.355 e. The van der Waals surface area contributed by atoms with Crippen LogP contribution in [0.1, 0.15) is 53.4 Å². The zero-order chi connectivity index (χ0) is 15.4. The first kappa shape index (κ1) is 18.9. The van der Waals surface area contributed by atoms with Crippen molar-refractivity contribution in [3.8, 4) is 0 Å². The molecule has 20 heavy (non-hydrogen) atoms. The molecule has 0 heterocycles. The molecule has 0 aromatic rings. The fourth-order valence-corrected chi connectivity index (χ4v) is 1.84. The zero-order valence-corrected chi connectivity index (χ0v) is 13.5. The first-order valence-electron chi connectivity index (χ1n) is 7.79. The van der Waals surface area contributed by atoms with Gasteiger partial charge in [-0.1, -0.05) is 27.7 Å². The van der Waals surface area contributed by atoms with E-state index < -0.39 is 0 Å². The number of carbonyl (C=O) groups excluding carboxylic acids is 2. The Morgan fingerprint density at radius 3 is 2.35 bits per heavy atom. The summed E-state index contributed by atoms with van der Waals surface area (Å²) in [6.07, 6.45) is 3.10. The minimum Gasteiger partial charge on any atom is -0.355 e. The minimum atomic E-state index is -0.0612. The van der Waals surface area contributed by atoms with E-state index in [0.717, 1.165) is 25.8 Å². The van der Waals surface area contributed by atoms with Crippen molar-refractivity contribution in [2.24, 2.45) is 0 Å². The van der Waals surface area contributed by atoms with Gasteiger partial charge in [-0.25, -0.2) is 0 Å². The summed E-state index contributed by atoms with van der Waals surface area (Å²) in [5.74, 6) is 0.0120. The number of rotatable bonds is 11. The van der Waals surface area contributed by atoms with Crippen LogP contribution in [0, 0.1) is 0 Å². The predicted molar refractivity (Wildman–Crippen MR) is 82.5 cm³/mol. The van der Waals surface area contributed by atoms with Crippen molar-refractivity contribution in [3.05, 3.63) is 0 Å². The highest BCUT2D eigenvalue weighted by Crippen LogP contribution is 2.00. The monoisotopic (exact) mass is 285 g/mol. The Hall–Kier alpha value is -1.10. The standard InChI is InChI=1S/C15H31N3O2/c1-5-9-17-14(19)12-18(11-6-2)15(20)8-7-10-16-13(3)4/h13,16H,5-12H2,1-4H3,(H,17,19). The summed E-state index contributed by atoms with van der Waals surface area (Å²) in [5.41, 5.74) is 0. The molecule has 0 aliphatic rings. The first-order valence-corrected chi connectivity index (χ1v) is 7.79. The van der Waals surface area contributed by atoms with Crippen LogP contribution < -0.4 is 10.6 Å². The Bertz CT molecular complexity index is 280. The van der Waals surface area contributed by atoms with Crippen molar-refractivity contribution in [3.63, 3.8) is 0 Å². The van der Waals surface area contributed by atoms with E-state index in [-0.39, 0.29) is 18.4 Å². The lowest BCUT2D eigenvalue weighted by molar-refractivity contribution is -0.136. The first-order chi connectivity index (χ1) is 9.51. The Kier molecular flexibility index (Phi) is 11.1. The molecule has 0 aliphatic heterocycles. The number of hydrogen-bond donors (Lipinski definition) is 2. The fourth-order valence-electron chi connectivity index (χ4n) is 1.84. The second kappa shape index (κ2) is 11.7. The molecule has 5 heteroatoms. The second-order valence-corrected chi connectivity index (χ2v) is 5.38. The van der Waals surface area contributed by atoms with Gasteiger partial charge in [0.05, 0.1) is 6.54 Å². The van der Waals surface area contributed by atoms with Gasteiger partial charge in [0, 0.05) is 25.6 Å². The predicted octanol–water partition coefficient (Wildman–Crippen LogP) is 1.53. The topological polar surface area (TPSA) is 61.4 Å². The molecule has 0 saturated heterocycles. The van der Waals surface area contributed by atoms with Crippen molar-refractivity contribution >= 4 is 11.8 Å². The third kappa shape index (κ3) is 9.78. The van der Waals surface area contributed by atoms with Gasteiger partial charge in [0.15, 0.2) is 0 Å². The quantitative estimate of drug-likeness (QED) is 0.566. The summed E-state index contributed by atoms with van der Waals surface area (Å²) in [6.45, 7) is 10.5. The third-order valence-electron chi connectivity index (χ3n) is 2.87. The zero-order valence-electron chi connectivity index (χ0n) is 13.5. The van der Waals surface area contributed by atoms with Crippen LogP contribution >= 0.6 is 0 Å². The maximum absolute atomic E-state index is 12.1. The normalized spacial score (nSPS) is 10.7. The molecule has 0 aromatic carbocycles. The van der Waals surface area contributed by atoms with Crippen LogP contribution in [-0.2, 0) is 9.59 Å². The van der Waals surface area contributed by atoms with Crippen molar-refractivity contribution in [1.29, 1.82) is 0 Å². The van der Waals surface area contributed by atoms with Crippen LogP contribution in [0.2, 0.25) is 0 Å². The molecule has 118 valence electrons. The summed E-state index contributed by atoms with van der Waals surface area (Å²) in [5, 5.41) is 6.10. The van der Waals surface area contributed by atoms with Crippen molar-refractivity contribution in [2.75, 3.05) is 26.2 Å². The van der Waals surface area contributed by atoms with E-state index in [9.17, 15) is 9.59 Å². The number of carbonyl (C=O) groups is 2. The second-order valence-electron chi connectivity index (χ2n) is 5.38. The van der Waals surface area contributed by atoms with E-state index in [0.29, 0.717) is 25.6 Å². The van der Waals surface area contributed by atoms with E-state index in [4.69, 9.17) is 0 Å². The lowest BCUT2D eigenvalue weighted by atomic mass is 10.2. The average Bonchev–Trinajstić information content (AvgIpc) is 2.40. The van der Waals surface area contributed by atoms with Crippen LogP contribution in [0.4, 0.5) is 0 Å². The third-order valence-corrected chi connectivity index (χ3v) is 2.87. The Balaban J connectivity index is 4.08. The molecule has 0 unspecified atom stereocenters. The molecule has 0 spiro atoms. The molecule has 0 aromatic heterocycles. The molecule has 0 atom stereocenters. The highest BCUT2D eigenvalue weighted by Gasteiger charge is 2.15. The van der Waals surface area contributed by atoms with Gasteiger partial charge in [-0.3, -0.25) is 9.59 Å². The van der Waals surface area contributed by atoms with Gasteiger partial charge in [-0.15, -0.1) is 0 Å². The minimum absolute atomic E-state index is 0.0612. The van der Waals surface area contributed by atoms with Gasteiger partial charge in [0.25, 0.3) is 0 Å². The lowest BCUT2D eigenvalue weighted by Gasteiger charge is -2.21. The van der Waals surface area contributed by atoms with Crippen LogP contribution in [0.5, 0.6) is 0 Å². The van der Waals surface area contributed by atoms with E-state index in [2.05, 4.69) is 24.5 Å². The molecule has 0 radical (unpaired) electrons. The maximum atomic E-state index is 12.1. The summed E-state index contributed by atoms with van der Waals surface area (Å²) >= 11 is 0. The number of amides is 2. The number of hydrogen-bond acceptors (Lipinski definition) is 3. The van der Waals surface area contributed by atoms with Crippen LogP contribution in [0.25, 0.3) is 0 Å². The van der Waals surface area contributed by atoms with Gasteiger partial charge in [-0.2, -0.15) is 0 Å². The highest BCUT2D eigenvalue weighted by molar-refractivity contribution is 5.84. The molecule has 2 amide bonds. The van der Waals surface area contributed by atoms with Crippen LogP contribution in [0.15, 0.2) is 0 Å².